The van der Waals surface area contributed by atoms with Crippen LogP contribution in [0, 0.1) is 0 Å². The summed E-state index contributed by atoms with van der Waals surface area (Å²) in [6, 6.07) is 8.85. The molecule has 1 amide bonds. The van der Waals surface area contributed by atoms with Crippen LogP contribution in [0.25, 0.3) is 11.3 Å². The predicted octanol–water partition coefficient (Wildman–Crippen LogP) is 2.40. The van der Waals surface area contributed by atoms with Crippen molar-refractivity contribution in [1.29, 1.82) is 0 Å². The summed E-state index contributed by atoms with van der Waals surface area (Å²) in [6.45, 7) is 3.48. The highest BCUT2D eigenvalue weighted by atomic mass is 16.5. The Kier molecular flexibility index (Phi) is 4.27. The van der Waals surface area contributed by atoms with Gasteiger partial charge in [0.15, 0.2) is 0 Å². The van der Waals surface area contributed by atoms with E-state index in [1.54, 1.807) is 25.1 Å². The molecule has 1 aromatic heterocycles. The summed E-state index contributed by atoms with van der Waals surface area (Å²) in [4.78, 5) is 25.6. The summed E-state index contributed by atoms with van der Waals surface area (Å²) in [5.74, 6) is -0.307. The van der Waals surface area contributed by atoms with Crippen molar-refractivity contribution < 1.29 is 14.3 Å². The molecule has 2 rings (SSSR count). The van der Waals surface area contributed by atoms with E-state index in [1.165, 1.54) is 6.92 Å². The summed E-state index contributed by atoms with van der Waals surface area (Å²) < 4.78 is 4.93. The average molecular weight is 287 g/mol. The lowest BCUT2D eigenvalue weighted by Crippen LogP contribution is -2.05. The van der Waals surface area contributed by atoms with Crippen LogP contribution in [-0.2, 0) is 9.53 Å². The Hall–Kier alpha value is -2.76. The first kappa shape index (κ1) is 14.6. The Labute approximate surface area is 122 Å². The first-order chi connectivity index (χ1) is 10.0. The van der Waals surface area contributed by atoms with Crippen LogP contribution in [0.2, 0.25) is 0 Å². The van der Waals surface area contributed by atoms with Gasteiger partial charge in [0.25, 0.3) is 0 Å². The number of esters is 1. The number of nitrogens with two attached hydrogens (primary N) is 1. The first-order valence-electron chi connectivity index (χ1n) is 6.55. The van der Waals surface area contributed by atoms with Crippen LogP contribution in [0.1, 0.15) is 24.2 Å². The Morgan fingerprint density at radius 1 is 1.29 bits per heavy atom. The smallest absolute Gasteiger partial charge is 0.341 e. The molecule has 0 saturated carbocycles. The molecule has 21 heavy (non-hydrogen) atoms. The fourth-order valence-corrected chi connectivity index (χ4v) is 1.94. The minimum Gasteiger partial charge on any atom is -0.462 e. The number of ether oxygens (including phenoxy) is 1. The molecule has 1 heterocycles. The fourth-order valence-electron chi connectivity index (χ4n) is 1.94. The van der Waals surface area contributed by atoms with Crippen LogP contribution in [0.5, 0.6) is 0 Å². The van der Waals surface area contributed by atoms with E-state index >= 15 is 0 Å². The monoisotopic (exact) mass is 287 g/mol. The Morgan fingerprint density at radius 2 is 1.95 bits per heavy atom. The molecule has 4 N–H and O–H groups in total. The lowest BCUT2D eigenvalue weighted by Gasteiger charge is -2.03. The Morgan fingerprint density at radius 3 is 2.52 bits per heavy atom. The maximum absolute atomic E-state index is 11.7. The zero-order valence-corrected chi connectivity index (χ0v) is 11.9. The van der Waals surface area contributed by atoms with E-state index in [2.05, 4.69) is 10.3 Å². The first-order valence-corrected chi connectivity index (χ1v) is 6.55. The van der Waals surface area contributed by atoms with Crippen molar-refractivity contribution in [2.75, 3.05) is 17.7 Å². The molecule has 110 valence electrons. The molecule has 0 aliphatic heterocycles. The quantitative estimate of drug-likeness (QED) is 0.752. The van der Waals surface area contributed by atoms with Gasteiger partial charge in [-0.05, 0) is 30.7 Å². The third kappa shape index (κ3) is 3.42. The van der Waals surface area contributed by atoms with Crippen molar-refractivity contribution in [2.24, 2.45) is 0 Å². The van der Waals surface area contributed by atoms with E-state index in [1.807, 2.05) is 12.1 Å². The highest BCUT2D eigenvalue weighted by Gasteiger charge is 2.15. The molecule has 0 spiro atoms. The lowest BCUT2D eigenvalue weighted by atomic mass is 10.1. The molecule has 0 radical (unpaired) electrons. The summed E-state index contributed by atoms with van der Waals surface area (Å²) in [5, 5.41) is 2.69. The summed E-state index contributed by atoms with van der Waals surface area (Å²) in [5.41, 5.74) is 8.38. The number of H-pyrrole nitrogens is 1. The van der Waals surface area contributed by atoms with Gasteiger partial charge in [0.1, 0.15) is 11.4 Å². The molecule has 0 unspecified atom stereocenters. The highest BCUT2D eigenvalue weighted by molar-refractivity contribution is 5.96. The van der Waals surface area contributed by atoms with E-state index < -0.39 is 5.97 Å². The maximum Gasteiger partial charge on any atom is 0.341 e. The highest BCUT2D eigenvalue weighted by Crippen LogP contribution is 2.25. The molecule has 6 nitrogen and oxygen atoms in total. The number of rotatable bonds is 4. The number of benzene rings is 1. The molecule has 0 aliphatic rings. The van der Waals surface area contributed by atoms with Crippen molar-refractivity contribution >= 4 is 23.4 Å². The van der Waals surface area contributed by atoms with Gasteiger partial charge in [-0.25, -0.2) is 4.79 Å². The summed E-state index contributed by atoms with van der Waals surface area (Å²) in [6.07, 6.45) is 0. The number of anilines is 2. The molecular weight excluding hydrogens is 270 g/mol. The minimum atomic E-state index is -0.452. The van der Waals surface area contributed by atoms with Crippen LogP contribution in [-0.4, -0.2) is 23.5 Å². The number of nitrogens with one attached hydrogen (secondary N) is 2. The number of carbonyl (C=O) groups is 2. The number of aromatic amines is 1. The molecule has 1 aromatic carbocycles. The number of hydrogen-bond donors (Lipinski definition) is 3. The fraction of sp³-hybridized carbons (Fsp3) is 0.200. The molecule has 2 aromatic rings. The van der Waals surface area contributed by atoms with Crippen LogP contribution < -0.4 is 11.1 Å². The van der Waals surface area contributed by atoms with E-state index in [4.69, 9.17) is 10.5 Å². The van der Waals surface area contributed by atoms with Crippen LogP contribution in [0.3, 0.4) is 0 Å². The number of hydrogen-bond acceptors (Lipinski definition) is 4. The molecule has 0 fully saturated rings. The van der Waals surface area contributed by atoms with E-state index in [9.17, 15) is 9.59 Å². The van der Waals surface area contributed by atoms with E-state index in [0.717, 1.165) is 5.56 Å². The molecule has 0 bridgehead atoms. The summed E-state index contributed by atoms with van der Waals surface area (Å²) in [7, 11) is 0. The van der Waals surface area contributed by atoms with Gasteiger partial charge < -0.3 is 20.8 Å². The lowest BCUT2D eigenvalue weighted by molar-refractivity contribution is -0.114. The molecular formula is C15H17N3O3. The second kappa shape index (κ2) is 6.13. The van der Waals surface area contributed by atoms with Crippen molar-refractivity contribution in [3.05, 3.63) is 35.9 Å². The van der Waals surface area contributed by atoms with Gasteiger partial charge >= 0.3 is 5.97 Å². The predicted molar refractivity (Wildman–Crippen MR) is 80.9 cm³/mol. The number of carbonyl (C=O) groups excluding carboxylic acids is 2. The van der Waals surface area contributed by atoms with Crippen LogP contribution in [0.4, 0.5) is 11.5 Å². The van der Waals surface area contributed by atoms with Gasteiger partial charge in [0, 0.05) is 18.3 Å². The molecule has 0 atom stereocenters. The second-order valence-electron chi connectivity index (χ2n) is 4.49. The van der Waals surface area contributed by atoms with Gasteiger partial charge in [0.2, 0.25) is 5.91 Å². The number of aromatic nitrogens is 1. The van der Waals surface area contributed by atoms with Gasteiger partial charge in [0.05, 0.1) is 6.61 Å². The van der Waals surface area contributed by atoms with Gasteiger partial charge in [-0.3, -0.25) is 4.79 Å². The van der Waals surface area contributed by atoms with Crippen molar-refractivity contribution in [1.82, 2.24) is 4.98 Å². The topological polar surface area (TPSA) is 97.2 Å². The molecule has 0 saturated heterocycles. The van der Waals surface area contributed by atoms with Crippen molar-refractivity contribution in [3.63, 3.8) is 0 Å². The van der Waals surface area contributed by atoms with Crippen LogP contribution in [0.15, 0.2) is 30.3 Å². The zero-order valence-electron chi connectivity index (χ0n) is 11.9. The Bertz CT molecular complexity index is 659. The molecule has 0 aliphatic carbocycles. The van der Waals surface area contributed by atoms with Crippen molar-refractivity contribution in [3.8, 4) is 11.3 Å². The third-order valence-electron chi connectivity index (χ3n) is 2.86. The van der Waals surface area contributed by atoms with E-state index in [0.29, 0.717) is 23.6 Å². The van der Waals surface area contributed by atoms with Gasteiger partial charge in [-0.2, -0.15) is 0 Å². The zero-order chi connectivity index (χ0) is 15.4. The largest absolute Gasteiger partial charge is 0.462 e. The van der Waals surface area contributed by atoms with Gasteiger partial charge in [-0.15, -0.1) is 0 Å². The molecule has 6 heteroatoms. The number of nitrogen functional groups attached to an aromatic ring is 1. The average Bonchev–Trinajstić information content (AvgIpc) is 2.81. The standard InChI is InChI=1S/C15H17N3O3/c1-3-21-15(20)12-8-13(18-14(12)16)10-4-6-11(7-5-10)17-9(2)19/h4-8,18H,3,16H2,1-2H3,(H,17,19). The van der Waals surface area contributed by atoms with Gasteiger partial charge in [-0.1, -0.05) is 12.1 Å². The number of amides is 1. The third-order valence-corrected chi connectivity index (χ3v) is 2.86. The van der Waals surface area contributed by atoms with E-state index in [-0.39, 0.29) is 11.7 Å². The summed E-state index contributed by atoms with van der Waals surface area (Å²) >= 11 is 0. The minimum absolute atomic E-state index is 0.128. The SMILES string of the molecule is CCOC(=O)c1cc(-c2ccc(NC(C)=O)cc2)[nH]c1N. The normalized spacial score (nSPS) is 10.2. The van der Waals surface area contributed by atoms with Crippen molar-refractivity contribution in [2.45, 2.75) is 13.8 Å². The van der Waals surface area contributed by atoms with Crippen LogP contribution >= 0.6 is 0 Å². The maximum atomic E-state index is 11.7. The Balaban J connectivity index is 2.24. The second-order valence-corrected chi connectivity index (χ2v) is 4.49.